The van der Waals surface area contributed by atoms with Gasteiger partial charge in [0.05, 0.1) is 31.3 Å². The van der Waals surface area contributed by atoms with Gasteiger partial charge in [0.25, 0.3) is 5.91 Å². The summed E-state index contributed by atoms with van der Waals surface area (Å²) < 4.78 is 7.98. The summed E-state index contributed by atoms with van der Waals surface area (Å²) in [5.74, 6) is -0.846. The summed E-state index contributed by atoms with van der Waals surface area (Å²) in [7, 11) is 0. The topological polar surface area (TPSA) is 91.8 Å². The van der Waals surface area contributed by atoms with Crippen molar-refractivity contribution in [2.45, 2.75) is 64.7 Å². The minimum Gasteiger partial charge on any atom is -0.480 e. The van der Waals surface area contributed by atoms with Gasteiger partial charge >= 0.3 is 5.97 Å². The molecular formula is C29H31Cl3N4O4S. The number of aliphatic carboxylic acids is 1. The van der Waals surface area contributed by atoms with Crippen molar-refractivity contribution in [2.75, 3.05) is 13.1 Å². The maximum Gasteiger partial charge on any atom is 0.326 e. The van der Waals surface area contributed by atoms with Gasteiger partial charge < -0.3 is 24.0 Å². The molecule has 5 rings (SSSR count). The Hall–Kier alpha value is -2.56. The lowest BCUT2D eigenvalue weighted by Gasteiger charge is -2.42. The first kappa shape index (κ1) is 29.9. The number of aromatic nitrogens is 2. The summed E-state index contributed by atoms with van der Waals surface area (Å²) in [5.41, 5.74) is 1.43. The van der Waals surface area contributed by atoms with Crippen molar-refractivity contribution in [1.82, 2.24) is 19.5 Å². The first-order valence-electron chi connectivity index (χ1n) is 13.6. The molecule has 4 heterocycles. The highest BCUT2D eigenvalue weighted by molar-refractivity contribution is 7.19. The minimum absolute atomic E-state index is 0.163. The van der Waals surface area contributed by atoms with Gasteiger partial charge in [0.15, 0.2) is 5.76 Å². The zero-order valence-electron chi connectivity index (χ0n) is 22.9. The minimum atomic E-state index is -1.03. The summed E-state index contributed by atoms with van der Waals surface area (Å²) in [5, 5.41) is 15.9. The fourth-order valence-electron chi connectivity index (χ4n) is 5.62. The van der Waals surface area contributed by atoms with Gasteiger partial charge in [-0.05, 0) is 63.4 Å². The van der Waals surface area contributed by atoms with E-state index in [0.717, 1.165) is 18.0 Å². The summed E-state index contributed by atoms with van der Waals surface area (Å²) in [4.78, 5) is 31.7. The zero-order valence-corrected chi connectivity index (χ0v) is 26.0. The summed E-state index contributed by atoms with van der Waals surface area (Å²) in [6, 6.07) is 9.70. The van der Waals surface area contributed by atoms with E-state index in [-0.39, 0.29) is 24.9 Å². The molecule has 1 N–H and O–H groups in total. The Morgan fingerprint density at radius 1 is 1.12 bits per heavy atom. The molecule has 0 radical (unpaired) electrons. The number of piperidine rings is 1. The van der Waals surface area contributed by atoms with Crippen molar-refractivity contribution in [1.29, 1.82) is 0 Å². The number of fused-ring (bicyclic) bond motifs is 1. The molecule has 1 saturated heterocycles. The number of thiophene rings is 1. The summed E-state index contributed by atoms with van der Waals surface area (Å²) >= 11 is 20.7. The first-order valence-corrected chi connectivity index (χ1v) is 15.5. The van der Waals surface area contributed by atoms with E-state index in [1.165, 1.54) is 11.3 Å². The lowest BCUT2D eigenvalue weighted by atomic mass is 9.98. The van der Waals surface area contributed by atoms with E-state index in [1.807, 2.05) is 6.07 Å². The third-order valence-electron chi connectivity index (χ3n) is 7.74. The number of benzene rings is 1. The Kier molecular flexibility index (Phi) is 9.01. The predicted octanol–water partition coefficient (Wildman–Crippen LogP) is 7.54. The van der Waals surface area contributed by atoms with Crippen molar-refractivity contribution in [3.63, 3.8) is 0 Å². The normalized spacial score (nSPS) is 15.6. The second kappa shape index (κ2) is 12.4. The smallest absolute Gasteiger partial charge is 0.326 e. The number of nitrogens with zero attached hydrogens (tertiary/aromatic N) is 4. The molecule has 1 fully saturated rings. The van der Waals surface area contributed by atoms with Gasteiger partial charge in [-0.25, -0.2) is 4.79 Å². The number of carbonyl (C=O) groups excluding carboxylic acids is 1. The molecule has 8 nitrogen and oxygen atoms in total. The molecule has 1 amide bonds. The number of carboxylic acids is 1. The largest absolute Gasteiger partial charge is 0.480 e. The highest BCUT2D eigenvalue weighted by Crippen LogP contribution is 2.36. The van der Waals surface area contributed by atoms with Crippen LogP contribution in [-0.4, -0.2) is 67.7 Å². The molecule has 3 aromatic heterocycles. The van der Waals surface area contributed by atoms with Gasteiger partial charge in [-0.2, -0.15) is 0 Å². The molecule has 0 spiro atoms. The number of halogens is 3. The molecule has 12 heteroatoms. The number of carbonyl (C=O) groups is 2. The Morgan fingerprint density at radius 3 is 2.44 bits per heavy atom. The highest BCUT2D eigenvalue weighted by Gasteiger charge is 2.38. The second-order valence-electron chi connectivity index (χ2n) is 10.5. The molecule has 41 heavy (non-hydrogen) atoms. The van der Waals surface area contributed by atoms with E-state index in [9.17, 15) is 14.7 Å². The molecule has 1 aliphatic heterocycles. The first-order chi connectivity index (χ1) is 19.6. The molecule has 218 valence electrons. The predicted molar refractivity (Wildman–Crippen MR) is 164 cm³/mol. The molecule has 1 aromatic carbocycles. The molecule has 4 aromatic rings. The van der Waals surface area contributed by atoms with E-state index in [2.05, 4.69) is 23.9 Å². The van der Waals surface area contributed by atoms with Crippen LogP contribution in [0, 0.1) is 0 Å². The van der Waals surface area contributed by atoms with Crippen LogP contribution < -0.4 is 0 Å². The average Bonchev–Trinajstić information content (AvgIpc) is 3.68. The SMILES string of the molecule is CCC(C(=O)O)N(C(=O)c1cc2c(Cl)ccc(Cl)c2n1Cc1cc(-c2ccc(Cl)s2)on1)C1CCN(C(C)C)CC1. The Bertz CT molecular complexity index is 1570. The number of hydrogen-bond acceptors (Lipinski definition) is 6. The fourth-order valence-corrected chi connectivity index (χ4v) is 7.09. The van der Waals surface area contributed by atoms with Crippen molar-refractivity contribution in [3.05, 3.63) is 62.2 Å². The molecule has 0 saturated carbocycles. The van der Waals surface area contributed by atoms with Crippen LogP contribution in [0.2, 0.25) is 14.4 Å². The lowest BCUT2D eigenvalue weighted by Crippen LogP contribution is -2.55. The number of carboxylic acid groups (broad SMARTS) is 1. The number of hydrogen-bond donors (Lipinski definition) is 1. The maximum absolute atomic E-state index is 14.5. The molecule has 1 aliphatic rings. The number of likely N-dealkylation sites (tertiary alicyclic amines) is 1. The van der Waals surface area contributed by atoms with Gasteiger partial charge in [0, 0.05) is 36.6 Å². The quantitative estimate of drug-likeness (QED) is 0.204. The van der Waals surface area contributed by atoms with Crippen LogP contribution in [-0.2, 0) is 11.3 Å². The Morgan fingerprint density at radius 2 is 1.83 bits per heavy atom. The molecule has 1 unspecified atom stereocenters. The number of amides is 1. The van der Waals surface area contributed by atoms with E-state index < -0.39 is 12.0 Å². The van der Waals surface area contributed by atoms with Gasteiger partial charge in [-0.1, -0.05) is 46.9 Å². The van der Waals surface area contributed by atoms with Gasteiger partial charge in [-0.3, -0.25) is 4.79 Å². The van der Waals surface area contributed by atoms with E-state index in [1.54, 1.807) is 46.7 Å². The van der Waals surface area contributed by atoms with Crippen LogP contribution in [0.25, 0.3) is 21.5 Å². The van der Waals surface area contributed by atoms with Crippen LogP contribution in [0.3, 0.4) is 0 Å². The summed E-state index contributed by atoms with van der Waals surface area (Å²) in [6.45, 7) is 7.82. The van der Waals surface area contributed by atoms with Crippen molar-refractivity contribution in [2.24, 2.45) is 0 Å². The van der Waals surface area contributed by atoms with Crippen LogP contribution in [0.1, 0.15) is 56.2 Å². The number of rotatable bonds is 9. The maximum atomic E-state index is 14.5. The fraction of sp³-hybridized carbons (Fsp3) is 0.414. The Balaban J connectivity index is 1.58. The van der Waals surface area contributed by atoms with Crippen molar-refractivity contribution in [3.8, 4) is 10.6 Å². The average molecular weight is 638 g/mol. The van der Waals surface area contributed by atoms with E-state index in [4.69, 9.17) is 39.3 Å². The van der Waals surface area contributed by atoms with Crippen molar-refractivity contribution < 1.29 is 19.2 Å². The third-order valence-corrected chi connectivity index (χ3v) is 9.62. The molecule has 0 aliphatic carbocycles. The highest BCUT2D eigenvalue weighted by atomic mass is 35.5. The zero-order chi connectivity index (χ0) is 29.4. The molecular weight excluding hydrogens is 607 g/mol. The Labute approximate surface area is 257 Å². The van der Waals surface area contributed by atoms with Gasteiger partial charge in [0.1, 0.15) is 17.4 Å². The lowest BCUT2D eigenvalue weighted by molar-refractivity contribution is -0.143. The summed E-state index contributed by atoms with van der Waals surface area (Å²) in [6.07, 6.45) is 1.65. The molecule has 0 bridgehead atoms. The van der Waals surface area contributed by atoms with Gasteiger partial charge in [0.2, 0.25) is 0 Å². The van der Waals surface area contributed by atoms with E-state index in [0.29, 0.717) is 61.3 Å². The van der Waals surface area contributed by atoms with Crippen molar-refractivity contribution >= 4 is 68.9 Å². The second-order valence-corrected chi connectivity index (χ2v) is 13.1. The van der Waals surface area contributed by atoms with Crippen LogP contribution >= 0.6 is 46.1 Å². The van der Waals surface area contributed by atoms with Crippen LogP contribution in [0.5, 0.6) is 0 Å². The third kappa shape index (κ3) is 6.01. The monoisotopic (exact) mass is 636 g/mol. The van der Waals surface area contributed by atoms with E-state index >= 15 is 0 Å². The molecule has 1 atom stereocenters. The van der Waals surface area contributed by atoms with Gasteiger partial charge in [-0.15, -0.1) is 11.3 Å². The van der Waals surface area contributed by atoms with Crippen LogP contribution in [0.4, 0.5) is 0 Å². The standard InChI is InChI=1S/C29H31Cl3N4O4S/c1-4-22(29(38)39)36(18-9-11-34(12-10-18)16(2)3)28(37)23-14-19-20(30)5-6-21(31)27(19)35(23)15-17-13-24(40-33-17)25-7-8-26(32)41-25/h5-8,13-14,16,18,22H,4,9-12,15H2,1-3H3,(H,38,39). The van der Waals surface area contributed by atoms with Crippen LogP contribution in [0.15, 0.2) is 40.9 Å².